The fraction of sp³-hybridized carbons (Fsp3) is 0.429. The van der Waals surface area contributed by atoms with Crippen LogP contribution in [0.25, 0.3) is 11.0 Å². The Hall–Kier alpha value is -2.94. The Morgan fingerprint density at radius 2 is 2.07 bits per heavy atom. The van der Waals surface area contributed by atoms with Crippen molar-refractivity contribution in [2.45, 2.75) is 45.3 Å². The highest BCUT2D eigenvalue weighted by atomic mass is 32.1. The number of rotatable bonds is 2. The van der Waals surface area contributed by atoms with Crippen molar-refractivity contribution in [2.24, 2.45) is 4.99 Å². The van der Waals surface area contributed by atoms with Crippen LogP contribution in [0.1, 0.15) is 50.0 Å². The van der Waals surface area contributed by atoms with Gasteiger partial charge in [-0.3, -0.25) is 4.79 Å². The number of aromatic amines is 1. The molecule has 158 valence electrons. The molecule has 0 bridgehead atoms. The fourth-order valence-corrected chi connectivity index (χ4v) is 4.36. The van der Waals surface area contributed by atoms with Gasteiger partial charge < -0.3 is 19.2 Å². The van der Waals surface area contributed by atoms with E-state index in [9.17, 15) is 9.59 Å². The van der Waals surface area contributed by atoms with Gasteiger partial charge in [0.2, 0.25) is 0 Å². The number of amides is 2. The van der Waals surface area contributed by atoms with Gasteiger partial charge in [0, 0.05) is 48.5 Å². The van der Waals surface area contributed by atoms with Crippen LogP contribution in [0.15, 0.2) is 41.1 Å². The minimum atomic E-state index is -0.500. The number of carbonyl (C=O) groups excluding carboxylic acids is 2. The first-order valence-corrected chi connectivity index (χ1v) is 10.8. The van der Waals surface area contributed by atoms with Crippen molar-refractivity contribution in [3.8, 4) is 0 Å². The quantitative estimate of drug-likeness (QED) is 0.674. The number of ether oxygens (including phenoxy) is 1. The maximum atomic E-state index is 12.8. The van der Waals surface area contributed by atoms with E-state index >= 15 is 0 Å². The zero-order valence-corrected chi connectivity index (χ0v) is 18.1. The van der Waals surface area contributed by atoms with Crippen molar-refractivity contribution < 1.29 is 14.3 Å². The molecule has 0 radical (unpaired) electrons. The molecule has 1 aliphatic rings. The first-order chi connectivity index (χ1) is 14.3. The van der Waals surface area contributed by atoms with Gasteiger partial charge in [0.1, 0.15) is 11.2 Å². The molecule has 30 heavy (non-hydrogen) atoms. The molecule has 2 amide bonds. The highest BCUT2D eigenvalue weighted by Gasteiger charge is 2.27. The smallest absolute Gasteiger partial charge is 0.410 e. The summed E-state index contributed by atoms with van der Waals surface area (Å²) in [5.74, 6) is -0.295. The van der Waals surface area contributed by atoms with E-state index in [1.165, 1.54) is 11.3 Å². The van der Waals surface area contributed by atoms with Gasteiger partial charge in [-0.1, -0.05) is 0 Å². The van der Waals surface area contributed by atoms with Crippen LogP contribution in [0.2, 0.25) is 0 Å². The molecule has 0 saturated carbocycles. The zero-order chi connectivity index (χ0) is 21.3. The molecule has 0 aromatic carbocycles. The van der Waals surface area contributed by atoms with Crippen LogP contribution in [0.3, 0.4) is 0 Å². The summed E-state index contributed by atoms with van der Waals surface area (Å²) in [6.07, 6.45) is 6.59. The van der Waals surface area contributed by atoms with E-state index in [0.29, 0.717) is 29.1 Å². The largest absolute Gasteiger partial charge is 0.444 e. The Bertz CT molecular complexity index is 1130. The van der Waals surface area contributed by atoms with Crippen LogP contribution in [-0.2, 0) is 4.74 Å². The van der Waals surface area contributed by atoms with Gasteiger partial charge in [-0.25, -0.2) is 9.78 Å². The summed E-state index contributed by atoms with van der Waals surface area (Å²) in [5, 5.41) is 2.70. The zero-order valence-electron chi connectivity index (χ0n) is 17.3. The van der Waals surface area contributed by atoms with Crippen molar-refractivity contribution in [3.05, 3.63) is 46.5 Å². The van der Waals surface area contributed by atoms with E-state index in [4.69, 9.17) is 4.74 Å². The second-order valence-electron chi connectivity index (χ2n) is 8.31. The highest BCUT2D eigenvalue weighted by Crippen LogP contribution is 2.23. The number of nitrogens with one attached hydrogen (secondary N) is 1. The molecule has 3 aromatic rings. The van der Waals surface area contributed by atoms with E-state index in [0.717, 1.165) is 18.2 Å². The maximum Gasteiger partial charge on any atom is 0.410 e. The molecule has 3 aromatic heterocycles. The van der Waals surface area contributed by atoms with E-state index in [1.807, 2.05) is 43.0 Å². The number of pyridine rings is 1. The Kier molecular flexibility index (Phi) is 5.46. The van der Waals surface area contributed by atoms with E-state index in [1.54, 1.807) is 23.4 Å². The predicted octanol–water partition coefficient (Wildman–Crippen LogP) is 3.74. The average Bonchev–Trinajstić information content (AvgIpc) is 3.33. The molecule has 0 aliphatic carbocycles. The van der Waals surface area contributed by atoms with Crippen LogP contribution in [0.4, 0.5) is 4.79 Å². The maximum absolute atomic E-state index is 12.8. The first-order valence-electron chi connectivity index (χ1n) is 9.96. The number of piperidine rings is 1. The Labute approximate surface area is 178 Å². The molecule has 1 aliphatic heterocycles. The van der Waals surface area contributed by atoms with Gasteiger partial charge in [-0.05, 0) is 45.7 Å². The highest BCUT2D eigenvalue weighted by molar-refractivity contribution is 7.07. The number of nitrogens with zero attached hydrogens (tertiary/aromatic N) is 4. The number of carbonyl (C=O) groups is 2. The van der Waals surface area contributed by atoms with Crippen LogP contribution in [0, 0.1) is 0 Å². The molecule has 0 spiro atoms. The topological polar surface area (TPSA) is 92.6 Å². The summed E-state index contributed by atoms with van der Waals surface area (Å²) < 4.78 is 7.51. The van der Waals surface area contributed by atoms with Crippen molar-refractivity contribution in [1.82, 2.24) is 19.4 Å². The molecule has 4 heterocycles. The van der Waals surface area contributed by atoms with Gasteiger partial charge >= 0.3 is 6.09 Å². The Morgan fingerprint density at radius 3 is 2.80 bits per heavy atom. The summed E-state index contributed by atoms with van der Waals surface area (Å²) >= 11 is 1.43. The third kappa shape index (κ3) is 4.30. The lowest BCUT2D eigenvalue weighted by Crippen LogP contribution is -2.42. The number of hydrogen-bond donors (Lipinski definition) is 1. The molecular weight excluding hydrogens is 402 g/mol. The Balaban J connectivity index is 1.49. The third-order valence-corrected chi connectivity index (χ3v) is 5.77. The molecular formula is C21H25N5O3S. The second-order valence-corrected chi connectivity index (χ2v) is 9.18. The third-order valence-electron chi connectivity index (χ3n) is 5.00. The molecule has 1 fully saturated rings. The van der Waals surface area contributed by atoms with Gasteiger partial charge in [0.15, 0.2) is 4.80 Å². The lowest BCUT2D eigenvalue weighted by molar-refractivity contribution is 0.0188. The van der Waals surface area contributed by atoms with Crippen LogP contribution in [0.5, 0.6) is 0 Å². The summed E-state index contributed by atoms with van der Waals surface area (Å²) in [5.41, 5.74) is 0.683. The van der Waals surface area contributed by atoms with E-state index in [2.05, 4.69) is 15.0 Å². The standard InChI is InChI=1S/C21H25N5O3S/c1-21(2,3)29-20(28)25-9-6-14(7-10-25)26-11-12-30-19(26)24-18(27)16-13-23-17-15(16)5-4-8-22-17/h4-5,8,11-14H,6-7,9-10H2,1-3H3,(H,22,23). The predicted molar refractivity (Wildman–Crippen MR) is 114 cm³/mol. The average molecular weight is 428 g/mol. The van der Waals surface area contributed by atoms with Gasteiger partial charge in [-0.15, -0.1) is 11.3 Å². The fourth-order valence-electron chi connectivity index (χ4n) is 3.58. The monoisotopic (exact) mass is 427 g/mol. The molecule has 1 N–H and O–H groups in total. The van der Waals surface area contributed by atoms with Gasteiger partial charge in [0.05, 0.1) is 5.56 Å². The molecule has 8 nitrogen and oxygen atoms in total. The molecule has 0 atom stereocenters. The summed E-state index contributed by atoms with van der Waals surface area (Å²) in [6.45, 7) is 6.84. The van der Waals surface area contributed by atoms with Crippen LogP contribution >= 0.6 is 11.3 Å². The van der Waals surface area contributed by atoms with Crippen LogP contribution < -0.4 is 4.80 Å². The van der Waals surface area contributed by atoms with Gasteiger partial charge in [-0.2, -0.15) is 4.99 Å². The van der Waals surface area contributed by atoms with E-state index < -0.39 is 5.60 Å². The summed E-state index contributed by atoms with van der Waals surface area (Å²) in [4.78, 5) is 39.1. The SMILES string of the molecule is CC(C)(C)OC(=O)N1CCC(n2ccsc2=NC(=O)c2c[nH]c3ncccc23)CC1. The lowest BCUT2D eigenvalue weighted by atomic mass is 10.1. The molecule has 4 rings (SSSR count). The minimum Gasteiger partial charge on any atom is -0.444 e. The summed E-state index contributed by atoms with van der Waals surface area (Å²) in [7, 11) is 0. The number of aromatic nitrogens is 3. The van der Waals surface area contributed by atoms with Gasteiger partial charge in [0.25, 0.3) is 5.91 Å². The van der Waals surface area contributed by atoms with Crippen molar-refractivity contribution in [1.29, 1.82) is 0 Å². The second kappa shape index (κ2) is 8.06. The lowest BCUT2D eigenvalue weighted by Gasteiger charge is -2.33. The number of fused-ring (bicyclic) bond motifs is 1. The van der Waals surface area contributed by atoms with Crippen LogP contribution in [-0.4, -0.2) is 50.1 Å². The van der Waals surface area contributed by atoms with Crippen molar-refractivity contribution >= 4 is 34.4 Å². The number of likely N-dealkylation sites (tertiary alicyclic amines) is 1. The van der Waals surface area contributed by atoms with Crippen molar-refractivity contribution in [2.75, 3.05) is 13.1 Å². The van der Waals surface area contributed by atoms with Crippen molar-refractivity contribution in [3.63, 3.8) is 0 Å². The minimum absolute atomic E-state index is 0.186. The molecule has 1 saturated heterocycles. The normalized spacial score (nSPS) is 16.2. The van der Waals surface area contributed by atoms with E-state index in [-0.39, 0.29) is 18.0 Å². The first kappa shape index (κ1) is 20.3. The molecule has 0 unspecified atom stereocenters. The Morgan fingerprint density at radius 1 is 1.30 bits per heavy atom. The number of hydrogen-bond acceptors (Lipinski definition) is 5. The number of thiazole rings is 1. The summed E-state index contributed by atoms with van der Waals surface area (Å²) in [6, 6.07) is 3.85. The number of H-pyrrole nitrogens is 1. The molecule has 9 heteroatoms.